The van der Waals surface area contributed by atoms with Gasteiger partial charge in [0.2, 0.25) is 11.1 Å². The third kappa shape index (κ3) is 5.26. The molecule has 1 unspecified atom stereocenters. The Kier molecular flexibility index (Phi) is 7.30. The van der Waals surface area contributed by atoms with Crippen LogP contribution in [0, 0.1) is 0 Å². The number of aromatic amines is 1. The number of thioether (sulfide) groups is 2. The van der Waals surface area contributed by atoms with E-state index < -0.39 is 35.2 Å². The topological polar surface area (TPSA) is 155 Å². The molecule has 0 radical (unpaired) electrons. The van der Waals surface area contributed by atoms with E-state index in [-0.39, 0.29) is 12.1 Å². The maximum atomic E-state index is 12.9. The highest BCUT2D eigenvalue weighted by Crippen LogP contribution is 2.41. The number of thiophene rings is 1. The lowest BCUT2D eigenvalue weighted by molar-refractivity contribution is -0.150. The van der Waals surface area contributed by atoms with Crippen LogP contribution in [0.3, 0.4) is 0 Å². The average molecular weight is 558 g/mol. The predicted molar refractivity (Wildman–Crippen MR) is 136 cm³/mol. The Morgan fingerprint density at radius 2 is 2.05 bits per heavy atom. The molecule has 190 valence electrons. The molecule has 5 rings (SSSR count). The molecule has 2 amide bonds. The van der Waals surface area contributed by atoms with Crippen LogP contribution in [0.25, 0.3) is 0 Å². The number of benzene rings is 1. The number of H-pyrrole nitrogens is 1. The van der Waals surface area contributed by atoms with Crippen LogP contribution < -0.4 is 10.1 Å². The average Bonchev–Trinajstić information content (AvgIpc) is 3.58. The molecule has 11 nitrogen and oxygen atoms in total. The highest BCUT2D eigenvalue weighted by atomic mass is 32.2. The zero-order valence-corrected chi connectivity index (χ0v) is 21.4. The van der Waals surface area contributed by atoms with Crippen LogP contribution in [0.15, 0.2) is 64.5 Å². The van der Waals surface area contributed by atoms with Gasteiger partial charge in [0, 0.05) is 11.5 Å². The van der Waals surface area contributed by atoms with Crippen molar-refractivity contribution < 1.29 is 29.0 Å². The van der Waals surface area contributed by atoms with E-state index in [1.165, 1.54) is 46.1 Å². The molecule has 0 saturated carbocycles. The van der Waals surface area contributed by atoms with E-state index in [0.717, 1.165) is 0 Å². The summed E-state index contributed by atoms with van der Waals surface area (Å²) in [6, 6.07) is 9.43. The second-order valence-electron chi connectivity index (χ2n) is 7.94. The van der Waals surface area contributed by atoms with Crippen molar-refractivity contribution in [2.24, 2.45) is 0 Å². The van der Waals surface area contributed by atoms with Crippen molar-refractivity contribution in [1.82, 2.24) is 25.4 Å². The number of β-lactam (4-membered cyclic amide) rings is 1. The first-order chi connectivity index (χ1) is 17.9. The Morgan fingerprint density at radius 1 is 1.24 bits per heavy atom. The van der Waals surface area contributed by atoms with E-state index in [0.29, 0.717) is 38.4 Å². The first-order valence-electron chi connectivity index (χ1n) is 10.9. The first-order valence-corrected chi connectivity index (χ1v) is 13.9. The fourth-order valence-corrected chi connectivity index (χ4v) is 6.97. The van der Waals surface area contributed by atoms with Gasteiger partial charge in [0.25, 0.3) is 5.91 Å². The van der Waals surface area contributed by atoms with E-state index in [9.17, 15) is 24.3 Å². The summed E-state index contributed by atoms with van der Waals surface area (Å²) in [4.78, 5) is 55.8. The van der Waals surface area contributed by atoms with Crippen LogP contribution in [0.5, 0.6) is 5.75 Å². The number of ether oxygens (including phenoxy) is 1. The van der Waals surface area contributed by atoms with Crippen LogP contribution in [0.4, 0.5) is 0 Å². The minimum absolute atomic E-state index is 0.0638. The zero-order chi connectivity index (χ0) is 25.9. The Morgan fingerprint density at radius 3 is 2.78 bits per heavy atom. The number of nitrogens with zero attached hydrogens (tertiary/aromatic N) is 3. The van der Waals surface area contributed by atoms with Gasteiger partial charge in [-0.15, -0.1) is 28.2 Å². The molecule has 2 aliphatic rings. The van der Waals surface area contributed by atoms with Crippen molar-refractivity contribution >= 4 is 58.6 Å². The number of nitrogens with one attached hydrogen (secondary N) is 2. The highest BCUT2D eigenvalue weighted by molar-refractivity contribution is 8.01. The van der Waals surface area contributed by atoms with E-state index in [1.807, 2.05) is 0 Å². The van der Waals surface area contributed by atoms with Crippen LogP contribution in [-0.4, -0.2) is 71.9 Å². The van der Waals surface area contributed by atoms with Crippen LogP contribution in [0.1, 0.15) is 15.2 Å². The highest BCUT2D eigenvalue weighted by Gasteiger charge is 2.54. The minimum atomic E-state index is -1.20. The summed E-state index contributed by atoms with van der Waals surface area (Å²) in [5, 5.41) is 20.7. The quantitative estimate of drug-likeness (QED) is 0.154. The van der Waals surface area contributed by atoms with Gasteiger partial charge in [-0.3, -0.25) is 19.6 Å². The predicted octanol–water partition coefficient (Wildman–Crippen LogP) is 2.16. The summed E-state index contributed by atoms with van der Waals surface area (Å²) in [5.41, 5.74) is 1.01. The number of hydrogen-bond acceptors (Lipinski definition) is 10. The van der Waals surface area contributed by atoms with Gasteiger partial charge >= 0.3 is 11.9 Å². The number of rotatable bonds is 9. The number of aromatic nitrogens is 3. The lowest BCUT2D eigenvalue weighted by Crippen LogP contribution is -2.70. The molecule has 2 aromatic heterocycles. The van der Waals surface area contributed by atoms with Gasteiger partial charge in [0.05, 0.1) is 6.42 Å². The fraction of sp³-hybridized carbons (Fsp3) is 0.217. The Bertz CT molecular complexity index is 1370. The van der Waals surface area contributed by atoms with Crippen molar-refractivity contribution in [3.63, 3.8) is 0 Å². The van der Waals surface area contributed by atoms with Crippen LogP contribution in [-0.2, 0) is 20.8 Å². The van der Waals surface area contributed by atoms with Gasteiger partial charge in [-0.1, -0.05) is 30.0 Å². The third-order valence-corrected chi connectivity index (χ3v) is 8.80. The monoisotopic (exact) mass is 557 g/mol. The van der Waals surface area contributed by atoms with Gasteiger partial charge in [-0.25, -0.2) is 14.6 Å². The Balaban J connectivity index is 1.22. The molecule has 3 N–H and O–H groups in total. The number of aliphatic carboxylic acids is 1. The van der Waals surface area contributed by atoms with Gasteiger partial charge in [-0.05, 0) is 34.7 Å². The second-order valence-corrected chi connectivity index (χ2v) is 10.9. The molecule has 14 heteroatoms. The molecule has 1 aromatic carbocycles. The summed E-state index contributed by atoms with van der Waals surface area (Å²) in [6.07, 6.45) is 1.31. The standard InChI is InChI=1S/C23H19N5O6S3/c29-15(8-12-6-7-35-18(12)22(33)34-14-4-2-1-3-5-14)26-16-19(30)28-17(21(31)32)13(9-36-20(16)28)10-37-23-24-11-25-27-23/h1-7,11,16,20H,8-10H2,(H,26,29)(H,31,32)(H,24,25,27)/t16?,20-/m1/s1. The third-order valence-electron chi connectivity index (χ3n) is 5.57. The molecule has 0 aliphatic carbocycles. The lowest BCUT2D eigenvalue weighted by atomic mass is 10.0. The summed E-state index contributed by atoms with van der Waals surface area (Å²) in [6.45, 7) is 0. The van der Waals surface area contributed by atoms with Gasteiger partial charge in [0.1, 0.15) is 34.1 Å². The summed E-state index contributed by atoms with van der Waals surface area (Å²) in [7, 11) is 0. The van der Waals surface area contributed by atoms with E-state index in [4.69, 9.17) is 4.74 Å². The first kappa shape index (κ1) is 25.0. The number of hydrogen-bond donors (Lipinski definition) is 3. The van der Waals surface area contributed by atoms with E-state index in [2.05, 4.69) is 20.5 Å². The molecule has 2 atom stereocenters. The molecule has 2 aliphatic heterocycles. The Hall–Kier alpha value is -3.62. The summed E-state index contributed by atoms with van der Waals surface area (Å²) < 4.78 is 5.37. The molecule has 3 aromatic rings. The Labute approximate surface area is 222 Å². The number of carboxylic acids is 1. The molecule has 37 heavy (non-hydrogen) atoms. The van der Waals surface area contributed by atoms with Crippen molar-refractivity contribution in [3.05, 3.63) is 69.8 Å². The molecule has 0 spiro atoms. The number of para-hydroxylation sites is 1. The maximum Gasteiger partial charge on any atom is 0.353 e. The minimum Gasteiger partial charge on any atom is -0.477 e. The normalized spacial score (nSPS) is 18.7. The van der Waals surface area contributed by atoms with Crippen molar-refractivity contribution in [1.29, 1.82) is 0 Å². The van der Waals surface area contributed by atoms with E-state index >= 15 is 0 Å². The maximum absolute atomic E-state index is 12.9. The fourth-order valence-electron chi connectivity index (χ4n) is 3.91. The van der Waals surface area contributed by atoms with Crippen LogP contribution >= 0.6 is 34.9 Å². The second kappa shape index (κ2) is 10.8. The number of carbonyl (C=O) groups is 4. The van der Waals surface area contributed by atoms with Crippen molar-refractivity contribution in [2.75, 3.05) is 11.5 Å². The lowest BCUT2D eigenvalue weighted by Gasteiger charge is -2.49. The number of carboxylic acid groups (broad SMARTS) is 1. The molecular weight excluding hydrogens is 538 g/mol. The van der Waals surface area contributed by atoms with Gasteiger partial charge < -0.3 is 15.2 Å². The molecular formula is C23H19N5O6S3. The largest absolute Gasteiger partial charge is 0.477 e. The SMILES string of the molecule is O=C(Cc1ccsc1C(=O)Oc1ccccc1)NC1C(=O)N2C(C(=O)O)=C(CSc3nc[nH]n3)CS[C@H]12. The summed E-state index contributed by atoms with van der Waals surface area (Å²) in [5.74, 6) is -1.60. The number of carbonyl (C=O) groups excluding carboxylic acids is 3. The van der Waals surface area contributed by atoms with Crippen molar-refractivity contribution in [2.45, 2.75) is 23.0 Å². The number of fused-ring (bicyclic) bond motifs is 1. The van der Waals surface area contributed by atoms with Crippen molar-refractivity contribution in [3.8, 4) is 5.75 Å². The zero-order valence-electron chi connectivity index (χ0n) is 18.9. The number of amides is 2. The molecule has 1 saturated heterocycles. The van der Waals surface area contributed by atoms with Crippen LogP contribution in [0.2, 0.25) is 0 Å². The number of esters is 1. The smallest absolute Gasteiger partial charge is 0.353 e. The molecule has 0 bridgehead atoms. The van der Waals surface area contributed by atoms with E-state index in [1.54, 1.807) is 41.8 Å². The van der Waals surface area contributed by atoms with Gasteiger partial charge in [0.15, 0.2) is 0 Å². The van der Waals surface area contributed by atoms with Gasteiger partial charge in [-0.2, -0.15) is 0 Å². The molecule has 1 fully saturated rings. The molecule has 4 heterocycles. The summed E-state index contributed by atoms with van der Waals surface area (Å²) >= 11 is 3.82.